The summed E-state index contributed by atoms with van der Waals surface area (Å²) >= 11 is 1.82. The molecule has 1 N–H and O–H groups in total. The third-order valence-corrected chi connectivity index (χ3v) is 8.35. The first-order chi connectivity index (χ1) is 17.0. The maximum atomic E-state index is 13.9. The molecule has 2 amide bonds. The van der Waals surface area contributed by atoms with Crippen molar-refractivity contribution in [2.24, 2.45) is 0 Å². The topological polar surface area (TPSA) is 40.5 Å². The number of hydrogen-bond donors (Lipinski definition) is 1. The van der Waals surface area contributed by atoms with Crippen LogP contribution in [0.15, 0.2) is 66.9 Å². The van der Waals surface area contributed by atoms with Crippen LogP contribution in [0.5, 0.6) is 0 Å². The number of nitrogens with zero attached hydrogens (tertiary/aromatic N) is 3. The number of thiophene rings is 1. The Hall–Kier alpha value is -3.42. The number of amides is 2. The van der Waals surface area contributed by atoms with Gasteiger partial charge in [0.15, 0.2) is 0 Å². The lowest BCUT2D eigenvalue weighted by Gasteiger charge is -2.32. The third kappa shape index (κ3) is 3.85. The highest BCUT2D eigenvalue weighted by Crippen LogP contribution is 2.43. The second-order valence-electron chi connectivity index (χ2n) is 9.41. The van der Waals surface area contributed by atoms with E-state index in [1.165, 1.54) is 33.1 Å². The van der Waals surface area contributed by atoms with Crippen LogP contribution in [0.4, 0.5) is 14.9 Å². The molecule has 0 aliphatic carbocycles. The van der Waals surface area contributed by atoms with Crippen LogP contribution in [-0.2, 0) is 19.5 Å². The zero-order valence-corrected chi connectivity index (χ0v) is 20.6. The number of benzene rings is 2. The minimum atomic E-state index is -0.351. The lowest BCUT2D eigenvalue weighted by Crippen LogP contribution is -2.38. The van der Waals surface area contributed by atoms with E-state index < -0.39 is 0 Å². The molecule has 1 atom stereocenters. The zero-order valence-electron chi connectivity index (χ0n) is 19.8. The summed E-state index contributed by atoms with van der Waals surface area (Å²) in [6, 6.07) is 17.9. The normalized spacial score (nSPS) is 17.3. The first kappa shape index (κ1) is 22.1. The van der Waals surface area contributed by atoms with Gasteiger partial charge >= 0.3 is 6.03 Å². The molecule has 7 heteroatoms. The van der Waals surface area contributed by atoms with Crippen LogP contribution >= 0.6 is 11.3 Å². The number of anilines is 1. The molecule has 0 spiro atoms. The number of hydrogen-bond acceptors (Lipinski definition) is 3. The van der Waals surface area contributed by atoms with Gasteiger partial charge in [0.25, 0.3) is 0 Å². The number of urea groups is 1. The SMILES string of the molecule is Cc1ccccc1NC(=O)N1Cc2c(sc3c2CCN(C)C3)-n2cccc2C1c1ccc(F)cc1. The predicted octanol–water partition coefficient (Wildman–Crippen LogP) is 6.11. The number of fused-ring (bicyclic) bond motifs is 5. The van der Waals surface area contributed by atoms with Crippen LogP contribution in [0.2, 0.25) is 0 Å². The Morgan fingerprint density at radius 1 is 1.03 bits per heavy atom. The van der Waals surface area contributed by atoms with Crippen LogP contribution < -0.4 is 5.32 Å². The monoisotopic (exact) mass is 486 g/mol. The van der Waals surface area contributed by atoms with E-state index in [0.717, 1.165) is 42.0 Å². The van der Waals surface area contributed by atoms with E-state index in [1.54, 1.807) is 12.1 Å². The van der Waals surface area contributed by atoms with E-state index in [-0.39, 0.29) is 17.9 Å². The van der Waals surface area contributed by atoms with Crippen molar-refractivity contribution >= 4 is 23.1 Å². The fourth-order valence-electron chi connectivity index (χ4n) is 5.25. The highest BCUT2D eigenvalue weighted by molar-refractivity contribution is 7.15. The smallest absolute Gasteiger partial charge is 0.310 e. The molecule has 4 heterocycles. The number of para-hydroxylation sites is 1. The summed E-state index contributed by atoms with van der Waals surface area (Å²) in [6.45, 7) is 4.42. The average Bonchev–Trinajstić information content (AvgIpc) is 3.43. The molecule has 178 valence electrons. The highest BCUT2D eigenvalue weighted by atomic mass is 32.1. The van der Waals surface area contributed by atoms with E-state index in [1.807, 2.05) is 53.5 Å². The van der Waals surface area contributed by atoms with Crippen molar-refractivity contribution in [3.8, 4) is 5.00 Å². The molecule has 0 fully saturated rings. The number of aromatic nitrogens is 1. The lowest BCUT2D eigenvalue weighted by atomic mass is 10.0. The van der Waals surface area contributed by atoms with Crippen molar-refractivity contribution in [2.45, 2.75) is 32.5 Å². The van der Waals surface area contributed by atoms with Gasteiger partial charge in [0.05, 0.1) is 18.3 Å². The molecule has 0 radical (unpaired) electrons. The Balaban J connectivity index is 1.50. The van der Waals surface area contributed by atoms with Gasteiger partial charge < -0.3 is 19.7 Å². The van der Waals surface area contributed by atoms with Crippen LogP contribution in [0.1, 0.15) is 38.9 Å². The number of carbonyl (C=O) groups is 1. The van der Waals surface area contributed by atoms with Gasteiger partial charge in [0.2, 0.25) is 0 Å². The number of halogens is 1. The molecule has 0 saturated heterocycles. The Morgan fingerprint density at radius 2 is 1.83 bits per heavy atom. The van der Waals surface area contributed by atoms with Crippen molar-refractivity contribution < 1.29 is 9.18 Å². The van der Waals surface area contributed by atoms with Crippen LogP contribution in [0, 0.1) is 12.7 Å². The standard InChI is InChI=1S/C28H27FN4OS/c1-18-6-3-4-7-23(18)30-28(34)33-16-22-21-13-15-31(2)17-25(21)35-27(22)32-14-5-8-24(32)26(33)19-9-11-20(29)12-10-19/h3-12,14,26H,13,15-17H2,1-2H3,(H,30,34). The number of likely N-dealkylation sites (N-methyl/N-ethyl adjacent to an activating group) is 1. The van der Waals surface area contributed by atoms with Crippen LogP contribution in [-0.4, -0.2) is 34.0 Å². The van der Waals surface area contributed by atoms with Gasteiger partial charge in [-0.05, 0) is 67.4 Å². The van der Waals surface area contributed by atoms with E-state index in [2.05, 4.69) is 34.1 Å². The molecule has 2 aromatic carbocycles. The third-order valence-electron chi connectivity index (χ3n) is 7.09. The molecule has 35 heavy (non-hydrogen) atoms. The second kappa shape index (κ2) is 8.66. The minimum absolute atomic E-state index is 0.165. The maximum absolute atomic E-state index is 13.9. The van der Waals surface area contributed by atoms with Gasteiger partial charge in [-0.2, -0.15) is 0 Å². The molecule has 1 unspecified atom stereocenters. The van der Waals surface area contributed by atoms with E-state index in [9.17, 15) is 9.18 Å². The molecule has 2 aromatic heterocycles. The van der Waals surface area contributed by atoms with Crippen molar-refractivity contribution in [1.29, 1.82) is 0 Å². The maximum Gasteiger partial charge on any atom is 0.322 e. The van der Waals surface area contributed by atoms with Crippen molar-refractivity contribution in [2.75, 3.05) is 18.9 Å². The van der Waals surface area contributed by atoms with Gasteiger partial charge in [-0.25, -0.2) is 9.18 Å². The van der Waals surface area contributed by atoms with Crippen molar-refractivity contribution in [3.63, 3.8) is 0 Å². The summed E-state index contributed by atoms with van der Waals surface area (Å²) in [5, 5.41) is 4.33. The molecule has 0 saturated carbocycles. The molecule has 5 nitrogen and oxygen atoms in total. The largest absolute Gasteiger partial charge is 0.322 e. The summed E-state index contributed by atoms with van der Waals surface area (Å²) in [6.07, 6.45) is 3.06. The van der Waals surface area contributed by atoms with Gasteiger partial charge in [-0.15, -0.1) is 11.3 Å². The summed E-state index contributed by atoms with van der Waals surface area (Å²) in [5.74, 6) is -0.286. The fourth-order valence-corrected chi connectivity index (χ4v) is 6.69. The predicted molar refractivity (Wildman–Crippen MR) is 138 cm³/mol. The molecule has 2 aliphatic heterocycles. The number of carbonyl (C=O) groups excluding carboxylic acids is 1. The Labute approximate surface area is 208 Å². The molecule has 0 bridgehead atoms. The number of nitrogens with one attached hydrogen (secondary N) is 1. The summed E-state index contributed by atoms with van der Waals surface area (Å²) in [4.78, 5) is 19.6. The van der Waals surface area contributed by atoms with Crippen molar-refractivity contribution in [3.05, 3.63) is 106 Å². The Kier molecular flexibility index (Phi) is 5.46. The van der Waals surface area contributed by atoms with Gasteiger partial charge in [0.1, 0.15) is 10.8 Å². The minimum Gasteiger partial charge on any atom is -0.310 e. The average molecular weight is 487 g/mol. The first-order valence-corrected chi connectivity index (χ1v) is 12.7. The number of rotatable bonds is 2. The molecule has 6 rings (SSSR count). The van der Waals surface area contributed by atoms with Gasteiger partial charge in [-0.3, -0.25) is 0 Å². The zero-order chi connectivity index (χ0) is 24.1. The summed E-state index contributed by atoms with van der Waals surface area (Å²) in [7, 11) is 2.15. The first-order valence-electron chi connectivity index (χ1n) is 11.9. The fraction of sp³-hybridized carbons (Fsp3) is 0.250. The molecular weight excluding hydrogens is 459 g/mol. The summed E-state index contributed by atoms with van der Waals surface area (Å²) in [5.41, 5.74) is 6.28. The quantitative estimate of drug-likeness (QED) is 0.371. The highest BCUT2D eigenvalue weighted by Gasteiger charge is 2.36. The van der Waals surface area contributed by atoms with E-state index in [0.29, 0.717) is 6.54 Å². The number of aryl methyl sites for hydroxylation is 1. The van der Waals surface area contributed by atoms with Crippen LogP contribution in [0.25, 0.3) is 5.00 Å². The van der Waals surface area contributed by atoms with Crippen molar-refractivity contribution in [1.82, 2.24) is 14.4 Å². The molecular formula is C28H27FN4OS. The van der Waals surface area contributed by atoms with Gasteiger partial charge in [-0.1, -0.05) is 30.3 Å². The van der Waals surface area contributed by atoms with E-state index >= 15 is 0 Å². The molecule has 4 aromatic rings. The Morgan fingerprint density at radius 3 is 2.63 bits per heavy atom. The second-order valence-corrected chi connectivity index (χ2v) is 10.5. The molecule has 2 aliphatic rings. The Bertz CT molecular complexity index is 1410. The van der Waals surface area contributed by atoms with Gasteiger partial charge in [0, 0.05) is 35.4 Å². The lowest BCUT2D eigenvalue weighted by molar-refractivity contribution is 0.194. The van der Waals surface area contributed by atoms with Crippen LogP contribution in [0.3, 0.4) is 0 Å². The summed E-state index contributed by atoms with van der Waals surface area (Å²) < 4.78 is 16.1. The van der Waals surface area contributed by atoms with E-state index in [4.69, 9.17) is 0 Å².